The Morgan fingerprint density at radius 1 is 1.48 bits per heavy atom. The molecule has 116 valence electrons. The van der Waals surface area contributed by atoms with Crippen LogP contribution >= 0.6 is 22.9 Å². The number of hydrogen-bond acceptors (Lipinski definition) is 4. The van der Waals surface area contributed by atoms with Crippen LogP contribution in [0.2, 0.25) is 4.34 Å². The largest absolute Gasteiger partial charge is 0.481 e. The van der Waals surface area contributed by atoms with Gasteiger partial charge in [-0.25, -0.2) is 4.79 Å². The number of rotatable bonds is 3. The fraction of sp³-hybridized carbons (Fsp3) is 0.571. The van der Waals surface area contributed by atoms with Gasteiger partial charge in [0.15, 0.2) is 0 Å². The minimum Gasteiger partial charge on any atom is -0.481 e. The zero-order valence-corrected chi connectivity index (χ0v) is 13.7. The molecule has 0 atom stereocenters. The number of carbonyl (C=O) groups is 2. The number of ether oxygens (including phenoxy) is 1. The molecule has 1 aliphatic carbocycles. The molecule has 2 rings (SSSR count). The molecule has 1 fully saturated rings. The van der Waals surface area contributed by atoms with Crippen LogP contribution in [-0.2, 0) is 15.1 Å². The van der Waals surface area contributed by atoms with Gasteiger partial charge in [-0.1, -0.05) is 11.6 Å². The van der Waals surface area contributed by atoms with Crippen LogP contribution in [-0.4, -0.2) is 22.8 Å². The highest BCUT2D eigenvalue weighted by molar-refractivity contribution is 7.14. The number of thiophene rings is 1. The zero-order chi connectivity index (χ0) is 15.8. The van der Waals surface area contributed by atoms with Crippen molar-refractivity contribution in [2.75, 3.05) is 0 Å². The van der Waals surface area contributed by atoms with E-state index in [1.807, 2.05) is 11.4 Å². The molecule has 2 N–H and O–H groups in total. The number of alkyl carbamates (subject to hydrolysis) is 1. The monoisotopic (exact) mass is 331 g/mol. The fourth-order valence-electron chi connectivity index (χ4n) is 2.48. The second-order valence-electron chi connectivity index (χ2n) is 6.26. The molecule has 21 heavy (non-hydrogen) atoms. The summed E-state index contributed by atoms with van der Waals surface area (Å²) in [6, 6.07) is 1.82. The number of hydrogen-bond donors (Lipinski definition) is 2. The molecule has 1 saturated carbocycles. The maximum Gasteiger partial charge on any atom is 0.408 e. The Morgan fingerprint density at radius 3 is 2.52 bits per heavy atom. The highest BCUT2D eigenvalue weighted by atomic mass is 35.5. The molecule has 5 nitrogen and oxygen atoms in total. The van der Waals surface area contributed by atoms with Crippen LogP contribution in [0.4, 0.5) is 4.79 Å². The molecule has 0 spiro atoms. The molecule has 1 aromatic rings. The summed E-state index contributed by atoms with van der Waals surface area (Å²) in [5, 5.41) is 13.7. The normalized spacial score (nSPS) is 25.0. The third kappa shape index (κ3) is 3.49. The van der Waals surface area contributed by atoms with Gasteiger partial charge in [0.1, 0.15) is 5.60 Å². The number of carboxylic acids is 1. The van der Waals surface area contributed by atoms with E-state index in [1.165, 1.54) is 11.3 Å². The molecule has 1 aliphatic rings. The lowest BCUT2D eigenvalue weighted by molar-refractivity contribution is -0.148. The van der Waals surface area contributed by atoms with Crippen molar-refractivity contribution in [1.82, 2.24) is 5.32 Å². The summed E-state index contributed by atoms with van der Waals surface area (Å²) in [7, 11) is 0. The van der Waals surface area contributed by atoms with Gasteiger partial charge < -0.3 is 15.2 Å². The van der Waals surface area contributed by atoms with E-state index in [9.17, 15) is 9.59 Å². The van der Waals surface area contributed by atoms with Crippen LogP contribution < -0.4 is 5.32 Å². The van der Waals surface area contributed by atoms with Crippen molar-refractivity contribution >= 4 is 35.0 Å². The summed E-state index contributed by atoms with van der Waals surface area (Å²) in [5.74, 6) is -1.33. The summed E-state index contributed by atoms with van der Waals surface area (Å²) in [5.41, 5.74) is -0.597. The summed E-state index contributed by atoms with van der Waals surface area (Å²) >= 11 is 7.52. The van der Waals surface area contributed by atoms with Gasteiger partial charge in [0.25, 0.3) is 0 Å². The van der Waals surface area contributed by atoms with E-state index < -0.39 is 29.1 Å². The van der Waals surface area contributed by atoms with E-state index in [0.717, 1.165) is 5.56 Å². The third-order valence-corrected chi connectivity index (χ3v) is 4.58. The van der Waals surface area contributed by atoms with E-state index in [0.29, 0.717) is 17.2 Å². The Kier molecular flexibility index (Phi) is 4.22. The fourth-order valence-corrected chi connectivity index (χ4v) is 3.59. The Morgan fingerprint density at radius 2 is 2.10 bits per heavy atom. The SMILES string of the molecule is CC(C)(C)OC(=O)NC1(c2ccsc2Cl)CC(C(=O)O)C1. The molecule has 1 heterocycles. The minimum absolute atomic E-state index is 0.317. The number of amides is 1. The molecule has 0 bridgehead atoms. The van der Waals surface area contributed by atoms with Crippen molar-refractivity contribution in [3.8, 4) is 0 Å². The molecule has 0 aromatic carbocycles. The summed E-state index contributed by atoms with van der Waals surface area (Å²) in [6.45, 7) is 5.33. The minimum atomic E-state index is -0.858. The van der Waals surface area contributed by atoms with Gasteiger partial charge in [-0.05, 0) is 45.1 Å². The lowest BCUT2D eigenvalue weighted by Gasteiger charge is -2.46. The molecule has 0 radical (unpaired) electrons. The second kappa shape index (κ2) is 5.50. The van der Waals surface area contributed by atoms with Crippen LogP contribution in [0.25, 0.3) is 0 Å². The third-order valence-electron chi connectivity index (χ3n) is 3.41. The van der Waals surface area contributed by atoms with E-state index in [4.69, 9.17) is 21.4 Å². The average molecular weight is 332 g/mol. The molecule has 1 aromatic heterocycles. The second-order valence-corrected chi connectivity index (χ2v) is 7.78. The van der Waals surface area contributed by atoms with Crippen molar-refractivity contribution in [3.63, 3.8) is 0 Å². The lowest BCUT2D eigenvalue weighted by atomic mass is 9.65. The van der Waals surface area contributed by atoms with Crippen LogP contribution in [0.1, 0.15) is 39.2 Å². The average Bonchev–Trinajstić information content (AvgIpc) is 2.66. The highest BCUT2D eigenvalue weighted by Crippen LogP contribution is 2.49. The maximum absolute atomic E-state index is 12.0. The van der Waals surface area contributed by atoms with Gasteiger partial charge >= 0.3 is 12.1 Å². The van der Waals surface area contributed by atoms with Crippen molar-refractivity contribution < 1.29 is 19.4 Å². The molecular formula is C14H18ClNO4S. The Labute approximate surface area is 132 Å². The van der Waals surface area contributed by atoms with Gasteiger partial charge in [0.2, 0.25) is 0 Å². The number of aliphatic carboxylic acids is 1. The first-order valence-electron chi connectivity index (χ1n) is 6.60. The molecule has 7 heteroatoms. The number of nitrogens with one attached hydrogen (secondary N) is 1. The number of halogens is 1. The van der Waals surface area contributed by atoms with Crippen molar-refractivity contribution in [1.29, 1.82) is 0 Å². The van der Waals surface area contributed by atoms with Crippen molar-refractivity contribution in [2.45, 2.75) is 44.8 Å². The lowest BCUT2D eigenvalue weighted by Crippen LogP contribution is -2.57. The zero-order valence-electron chi connectivity index (χ0n) is 12.1. The predicted molar refractivity (Wildman–Crippen MR) is 80.7 cm³/mol. The Bertz CT molecular complexity index is 558. The first kappa shape index (κ1) is 16.1. The maximum atomic E-state index is 12.0. The molecule has 0 saturated heterocycles. The Balaban J connectivity index is 2.18. The van der Waals surface area contributed by atoms with Crippen LogP contribution in [0.3, 0.4) is 0 Å². The van der Waals surface area contributed by atoms with E-state index in [1.54, 1.807) is 20.8 Å². The van der Waals surface area contributed by atoms with Crippen LogP contribution in [0, 0.1) is 5.92 Å². The topological polar surface area (TPSA) is 75.6 Å². The predicted octanol–water partition coefficient (Wildman–Crippen LogP) is 3.62. The van der Waals surface area contributed by atoms with Crippen molar-refractivity contribution in [3.05, 3.63) is 21.3 Å². The van der Waals surface area contributed by atoms with Crippen molar-refractivity contribution in [2.24, 2.45) is 5.92 Å². The summed E-state index contributed by atoms with van der Waals surface area (Å²) < 4.78 is 5.83. The molecule has 0 aliphatic heterocycles. The van der Waals surface area contributed by atoms with Gasteiger partial charge in [-0.15, -0.1) is 11.3 Å². The van der Waals surface area contributed by atoms with E-state index in [2.05, 4.69) is 5.32 Å². The number of carboxylic acid groups (broad SMARTS) is 1. The molecular weight excluding hydrogens is 314 g/mol. The Hall–Kier alpha value is -1.27. The van der Waals surface area contributed by atoms with Gasteiger partial charge in [0, 0.05) is 5.56 Å². The van der Waals surface area contributed by atoms with E-state index in [-0.39, 0.29) is 0 Å². The van der Waals surface area contributed by atoms with Gasteiger partial charge in [-0.2, -0.15) is 0 Å². The first-order chi connectivity index (χ1) is 9.63. The summed E-state index contributed by atoms with van der Waals surface area (Å²) in [4.78, 5) is 23.1. The van der Waals surface area contributed by atoms with Gasteiger partial charge in [-0.3, -0.25) is 4.79 Å². The van der Waals surface area contributed by atoms with Crippen LogP contribution in [0.5, 0.6) is 0 Å². The number of carbonyl (C=O) groups excluding carboxylic acids is 1. The highest BCUT2D eigenvalue weighted by Gasteiger charge is 2.51. The molecule has 0 unspecified atom stereocenters. The van der Waals surface area contributed by atoms with Crippen LogP contribution in [0.15, 0.2) is 11.4 Å². The standard InChI is InChI=1S/C14H18ClNO4S/c1-13(2,3)20-12(19)16-14(6-8(7-14)11(17)18)9-4-5-21-10(9)15/h4-5,8H,6-7H2,1-3H3,(H,16,19)(H,17,18). The quantitative estimate of drug-likeness (QED) is 0.887. The summed E-state index contributed by atoms with van der Waals surface area (Å²) in [6.07, 6.45) is 0.0735. The first-order valence-corrected chi connectivity index (χ1v) is 7.86. The van der Waals surface area contributed by atoms with E-state index >= 15 is 0 Å². The van der Waals surface area contributed by atoms with Gasteiger partial charge in [0.05, 0.1) is 15.8 Å². The smallest absolute Gasteiger partial charge is 0.408 e. The molecule has 1 amide bonds.